The zero-order valence-corrected chi connectivity index (χ0v) is 20.5. The number of benzene rings is 4. The molecule has 4 aromatic rings. The molecule has 1 aliphatic carbocycles. The molecule has 4 aromatic carbocycles. The largest absolute Gasteiger partial charge is 0.386 e. The lowest BCUT2D eigenvalue weighted by molar-refractivity contribution is 0.659. The van der Waals surface area contributed by atoms with Gasteiger partial charge in [0.05, 0.1) is 11.4 Å². The highest BCUT2D eigenvalue weighted by Gasteiger charge is 2.36. The van der Waals surface area contributed by atoms with Crippen LogP contribution in [0.1, 0.15) is 36.1 Å². The number of rotatable bonds is 6. The second-order valence-electron chi connectivity index (χ2n) is 9.67. The van der Waals surface area contributed by atoms with E-state index in [2.05, 4.69) is 116 Å². The van der Waals surface area contributed by atoms with Crippen LogP contribution >= 0.6 is 0 Å². The summed E-state index contributed by atoms with van der Waals surface area (Å²) in [6, 6.07) is 31.1. The van der Waals surface area contributed by atoms with Gasteiger partial charge in [-0.05, 0) is 63.7 Å². The van der Waals surface area contributed by atoms with Gasteiger partial charge in [-0.1, -0.05) is 93.2 Å². The highest BCUT2D eigenvalue weighted by Crippen LogP contribution is 2.50. The monoisotopic (exact) mass is 444 g/mol. The summed E-state index contributed by atoms with van der Waals surface area (Å²) in [6.45, 7) is 8.70. The fourth-order valence-electron chi connectivity index (χ4n) is 5.34. The zero-order valence-electron chi connectivity index (χ0n) is 20.5. The van der Waals surface area contributed by atoms with Crippen molar-refractivity contribution in [3.8, 4) is 22.3 Å². The molecule has 0 fully saturated rings. The van der Waals surface area contributed by atoms with Crippen LogP contribution in [0, 0.1) is 0 Å². The fourth-order valence-corrected chi connectivity index (χ4v) is 5.34. The third-order valence-corrected chi connectivity index (χ3v) is 7.23. The maximum absolute atomic E-state index is 3.99. The predicted octanol–water partition coefficient (Wildman–Crippen LogP) is 7.87. The first-order valence-electron chi connectivity index (χ1n) is 11.9. The Morgan fingerprint density at radius 2 is 1.50 bits per heavy atom. The molecule has 0 radical (unpaired) electrons. The van der Waals surface area contributed by atoms with E-state index in [1.165, 1.54) is 44.5 Å². The average molecular weight is 445 g/mol. The molecule has 0 saturated heterocycles. The first-order valence-corrected chi connectivity index (χ1v) is 11.9. The Balaban J connectivity index is 1.58. The van der Waals surface area contributed by atoms with Crippen LogP contribution in [0.25, 0.3) is 22.3 Å². The van der Waals surface area contributed by atoms with Crippen LogP contribution in [-0.2, 0) is 11.8 Å². The SMILES string of the molecule is C=CN(C)c1c(NC)cccc1-c1ccc2c(c1)C(C)(C)c1cc(Cc3ccccc3)ccc1-2. The molecule has 0 bridgehead atoms. The van der Waals surface area contributed by atoms with Crippen molar-refractivity contribution in [2.24, 2.45) is 0 Å². The standard InChI is InChI=1S/C32H32N2/c1-6-34(5)31-25(13-10-14-30(31)33-4)24-16-18-27-26-17-15-23(19-22-11-8-7-9-12-22)20-28(26)32(2,3)29(27)21-24/h6-18,20-21,33H,1,19H2,2-5H3. The van der Waals surface area contributed by atoms with E-state index in [1.807, 2.05) is 20.3 Å². The second kappa shape index (κ2) is 8.53. The molecule has 0 aliphatic heterocycles. The van der Waals surface area contributed by atoms with E-state index < -0.39 is 0 Å². The van der Waals surface area contributed by atoms with Crippen molar-refractivity contribution in [2.75, 3.05) is 24.3 Å². The number of hydrogen-bond acceptors (Lipinski definition) is 2. The van der Waals surface area contributed by atoms with Gasteiger partial charge in [0.25, 0.3) is 0 Å². The van der Waals surface area contributed by atoms with E-state index in [0.717, 1.165) is 17.8 Å². The molecular formula is C32H32N2. The summed E-state index contributed by atoms with van der Waals surface area (Å²) < 4.78 is 0. The first-order chi connectivity index (χ1) is 16.4. The zero-order chi connectivity index (χ0) is 23.9. The van der Waals surface area contributed by atoms with Crippen LogP contribution in [0.5, 0.6) is 0 Å². The van der Waals surface area contributed by atoms with E-state index in [-0.39, 0.29) is 5.41 Å². The lowest BCUT2D eigenvalue weighted by atomic mass is 9.81. The first kappa shape index (κ1) is 22.0. The van der Waals surface area contributed by atoms with Crippen molar-refractivity contribution < 1.29 is 0 Å². The maximum Gasteiger partial charge on any atom is 0.0718 e. The minimum absolute atomic E-state index is 0.0571. The average Bonchev–Trinajstić information content (AvgIpc) is 3.09. The molecule has 0 aromatic heterocycles. The van der Waals surface area contributed by atoms with Crippen molar-refractivity contribution >= 4 is 11.4 Å². The van der Waals surface area contributed by atoms with Crippen molar-refractivity contribution in [3.63, 3.8) is 0 Å². The van der Waals surface area contributed by atoms with Gasteiger partial charge in [0.2, 0.25) is 0 Å². The fraction of sp³-hybridized carbons (Fsp3) is 0.188. The minimum Gasteiger partial charge on any atom is -0.386 e. The summed E-state index contributed by atoms with van der Waals surface area (Å²) in [5.41, 5.74) is 12.8. The summed E-state index contributed by atoms with van der Waals surface area (Å²) in [5, 5.41) is 3.34. The number of hydrogen-bond donors (Lipinski definition) is 1. The molecule has 1 N–H and O–H groups in total. The predicted molar refractivity (Wildman–Crippen MR) is 147 cm³/mol. The van der Waals surface area contributed by atoms with Crippen LogP contribution in [0.2, 0.25) is 0 Å². The summed E-state index contributed by atoms with van der Waals surface area (Å²) in [7, 11) is 4.02. The molecule has 0 amide bonds. The second-order valence-corrected chi connectivity index (χ2v) is 9.67. The molecule has 0 heterocycles. The van der Waals surface area contributed by atoms with Gasteiger partial charge >= 0.3 is 0 Å². The summed E-state index contributed by atoms with van der Waals surface area (Å²) in [4.78, 5) is 2.09. The smallest absolute Gasteiger partial charge is 0.0718 e. The third-order valence-electron chi connectivity index (χ3n) is 7.23. The molecule has 0 saturated carbocycles. The molecule has 5 rings (SSSR count). The number of para-hydroxylation sites is 1. The van der Waals surface area contributed by atoms with Crippen LogP contribution in [-0.4, -0.2) is 14.1 Å². The van der Waals surface area contributed by atoms with Gasteiger partial charge in [0.1, 0.15) is 0 Å². The third kappa shape index (κ3) is 3.60. The van der Waals surface area contributed by atoms with E-state index in [9.17, 15) is 0 Å². The van der Waals surface area contributed by atoms with Gasteiger partial charge in [-0.15, -0.1) is 0 Å². The molecule has 34 heavy (non-hydrogen) atoms. The van der Waals surface area contributed by atoms with Gasteiger partial charge in [-0.25, -0.2) is 0 Å². The Bertz CT molecular complexity index is 1370. The van der Waals surface area contributed by atoms with Gasteiger partial charge in [0.15, 0.2) is 0 Å². The molecule has 0 unspecified atom stereocenters. The van der Waals surface area contributed by atoms with Gasteiger partial charge in [0, 0.05) is 25.1 Å². The Kier molecular flexibility index (Phi) is 5.53. The summed E-state index contributed by atoms with van der Waals surface area (Å²) in [6.07, 6.45) is 2.82. The summed E-state index contributed by atoms with van der Waals surface area (Å²) >= 11 is 0. The van der Waals surface area contributed by atoms with E-state index >= 15 is 0 Å². The molecule has 170 valence electrons. The minimum atomic E-state index is -0.0571. The van der Waals surface area contributed by atoms with Crippen molar-refractivity contribution in [1.82, 2.24) is 0 Å². The molecular weight excluding hydrogens is 412 g/mol. The lowest BCUT2D eigenvalue weighted by Crippen LogP contribution is -2.15. The number of fused-ring (bicyclic) bond motifs is 3. The normalized spacial score (nSPS) is 13.2. The topological polar surface area (TPSA) is 15.3 Å². The van der Waals surface area contributed by atoms with Crippen molar-refractivity contribution in [1.29, 1.82) is 0 Å². The van der Waals surface area contributed by atoms with E-state index in [0.29, 0.717) is 0 Å². The van der Waals surface area contributed by atoms with Gasteiger partial charge in [-0.2, -0.15) is 0 Å². The molecule has 2 heteroatoms. The number of nitrogens with zero attached hydrogens (tertiary/aromatic N) is 1. The summed E-state index contributed by atoms with van der Waals surface area (Å²) in [5.74, 6) is 0. The van der Waals surface area contributed by atoms with Crippen LogP contribution in [0.15, 0.2) is 97.7 Å². The Morgan fingerprint density at radius 3 is 2.21 bits per heavy atom. The van der Waals surface area contributed by atoms with Crippen molar-refractivity contribution in [2.45, 2.75) is 25.7 Å². The van der Waals surface area contributed by atoms with Crippen molar-refractivity contribution in [3.05, 3.63) is 120 Å². The Hall–Kier alpha value is -3.78. The van der Waals surface area contributed by atoms with Crippen LogP contribution in [0.3, 0.4) is 0 Å². The Labute approximate surface area is 203 Å². The van der Waals surface area contributed by atoms with Crippen LogP contribution in [0.4, 0.5) is 11.4 Å². The van der Waals surface area contributed by atoms with E-state index in [1.54, 1.807) is 0 Å². The quantitative estimate of drug-likeness (QED) is 0.325. The number of nitrogens with one attached hydrogen (secondary N) is 1. The molecule has 1 aliphatic rings. The van der Waals surface area contributed by atoms with Crippen LogP contribution < -0.4 is 10.2 Å². The Morgan fingerprint density at radius 1 is 0.794 bits per heavy atom. The molecule has 0 atom stereocenters. The molecule has 0 spiro atoms. The lowest BCUT2D eigenvalue weighted by Gasteiger charge is -2.25. The van der Waals surface area contributed by atoms with Gasteiger partial charge in [-0.3, -0.25) is 0 Å². The molecule has 2 nitrogen and oxygen atoms in total. The van der Waals surface area contributed by atoms with E-state index in [4.69, 9.17) is 0 Å². The highest BCUT2D eigenvalue weighted by molar-refractivity contribution is 5.91. The number of anilines is 2. The maximum atomic E-state index is 3.99. The highest BCUT2D eigenvalue weighted by atomic mass is 15.1. The van der Waals surface area contributed by atoms with Gasteiger partial charge < -0.3 is 10.2 Å².